The monoisotopic (exact) mass is 179 g/mol. The fourth-order valence-corrected chi connectivity index (χ4v) is 0.931. The van der Waals surface area contributed by atoms with Crippen molar-refractivity contribution in [2.75, 3.05) is 7.11 Å². The van der Waals surface area contributed by atoms with E-state index in [0.717, 1.165) is 0 Å². The summed E-state index contributed by atoms with van der Waals surface area (Å²) in [4.78, 5) is 15.0. The van der Waals surface area contributed by atoms with Crippen LogP contribution >= 0.6 is 0 Å². The second-order valence-electron chi connectivity index (χ2n) is 2.44. The van der Waals surface area contributed by atoms with Crippen LogP contribution in [0.3, 0.4) is 0 Å². The van der Waals surface area contributed by atoms with Crippen molar-refractivity contribution in [1.29, 1.82) is 0 Å². The van der Waals surface area contributed by atoms with E-state index in [1.165, 1.54) is 7.11 Å². The molecule has 0 bridgehead atoms. The molecule has 0 amide bonds. The molecule has 0 radical (unpaired) electrons. The molecular weight excluding hydrogens is 170 g/mol. The quantitative estimate of drug-likeness (QED) is 0.510. The van der Waals surface area contributed by atoms with Crippen molar-refractivity contribution in [3.8, 4) is 0 Å². The van der Waals surface area contributed by atoms with Crippen LogP contribution in [0.2, 0.25) is 0 Å². The van der Waals surface area contributed by atoms with Gasteiger partial charge in [0.15, 0.2) is 0 Å². The first-order valence-electron chi connectivity index (χ1n) is 3.69. The largest absolute Gasteiger partial charge is 0.478 e. The zero-order chi connectivity index (χ0) is 9.68. The molecule has 0 aromatic carbocycles. The number of hydrogen-bond acceptors (Lipinski definition) is 3. The molecule has 4 nitrogen and oxygen atoms in total. The molecular formula is C9H9NO3. The van der Waals surface area contributed by atoms with Crippen LogP contribution < -0.4 is 0 Å². The van der Waals surface area contributed by atoms with E-state index in [0.29, 0.717) is 17.6 Å². The average molecular weight is 179 g/mol. The van der Waals surface area contributed by atoms with Crippen molar-refractivity contribution in [1.82, 2.24) is 0 Å². The van der Waals surface area contributed by atoms with E-state index in [2.05, 4.69) is 15.9 Å². The lowest BCUT2D eigenvalue weighted by Gasteiger charge is -2.03. The molecule has 1 N–H and O–H groups in total. The van der Waals surface area contributed by atoms with Crippen LogP contribution in [0.25, 0.3) is 0 Å². The summed E-state index contributed by atoms with van der Waals surface area (Å²) in [7, 11) is 1.41. The summed E-state index contributed by atoms with van der Waals surface area (Å²) in [5.74, 6) is 1.67. The Morgan fingerprint density at radius 1 is 1.77 bits per heavy atom. The third-order valence-electron chi connectivity index (χ3n) is 1.53. The van der Waals surface area contributed by atoms with Gasteiger partial charge in [0.1, 0.15) is 7.11 Å². The maximum Gasteiger partial charge on any atom is 0.331 e. The Bertz CT molecular complexity index is 333. The normalized spacial score (nSPS) is 14.5. The minimum Gasteiger partial charge on any atom is -0.478 e. The predicted octanol–water partition coefficient (Wildman–Crippen LogP) is 1.11. The molecule has 4 heteroatoms. The summed E-state index contributed by atoms with van der Waals surface area (Å²) in [6, 6.07) is 0. The molecule has 1 aliphatic carbocycles. The first-order valence-corrected chi connectivity index (χ1v) is 3.69. The van der Waals surface area contributed by atoms with E-state index in [4.69, 9.17) is 5.11 Å². The molecule has 0 unspecified atom stereocenters. The highest BCUT2D eigenvalue weighted by Gasteiger charge is 2.10. The smallest absolute Gasteiger partial charge is 0.331 e. The third-order valence-corrected chi connectivity index (χ3v) is 1.53. The van der Waals surface area contributed by atoms with Crippen molar-refractivity contribution >= 4 is 11.8 Å². The van der Waals surface area contributed by atoms with Crippen molar-refractivity contribution in [2.45, 2.75) is 6.42 Å². The Labute approximate surface area is 75.5 Å². The molecule has 1 aliphatic rings. The summed E-state index contributed by atoms with van der Waals surface area (Å²) in [6.07, 6.45) is 5.29. The summed E-state index contributed by atoms with van der Waals surface area (Å²) in [6.45, 7) is 0. The highest BCUT2D eigenvalue weighted by molar-refractivity contribution is 5.89. The van der Waals surface area contributed by atoms with Crippen LogP contribution in [0.15, 0.2) is 34.5 Å². The third kappa shape index (κ3) is 2.61. The lowest BCUT2D eigenvalue weighted by molar-refractivity contribution is -0.132. The van der Waals surface area contributed by atoms with Gasteiger partial charge in [0, 0.05) is 23.4 Å². The van der Waals surface area contributed by atoms with Gasteiger partial charge in [-0.3, -0.25) is 0 Å². The van der Waals surface area contributed by atoms with E-state index in [1.807, 2.05) is 0 Å². The molecule has 0 aliphatic heterocycles. The van der Waals surface area contributed by atoms with Gasteiger partial charge in [-0.15, -0.1) is 0 Å². The van der Waals surface area contributed by atoms with E-state index < -0.39 is 5.97 Å². The molecule has 0 fully saturated rings. The number of allylic oxidation sites excluding steroid dienone is 4. The molecule has 1 rings (SSSR count). The van der Waals surface area contributed by atoms with Gasteiger partial charge in [0.05, 0.1) is 0 Å². The number of hydrogen-bond donors (Lipinski definition) is 1. The number of rotatable bonds is 2. The Hall–Kier alpha value is -1.80. The average Bonchev–Trinajstić information content (AvgIpc) is 2.15. The first kappa shape index (κ1) is 9.29. The van der Waals surface area contributed by atoms with E-state index in [1.54, 1.807) is 18.2 Å². The molecule has 0 aromatic heterocycles. The molecule has 13 heavy (non-hydrogen) atoms. The minimum absolute atomic E-state index is 0.330. The van der Waals surface area contributed by atoms with E-state index >= 15 is 0 Å². The molecule has 0 saturated heterocycles. The Balaban J connectivity index is 2.81. The number of carbonyl (C=O) groups is 1. The highest BCUT2D eigenvalue weighted by atomic mass is 16.6. The summed E-state index contributed by atoms with van der Waals surface area (Å²) in [5, 5.41) is 12.1. The summed E-state index contributed by atoms with van der Waals surface area (Å²) in [5.41, 5.74) is 1.03. The highest BCUT2D eigenvalue weighted by Crippen LogP contribution is 2.15. The Morgan fingerprint density at radius 3 is 3.15 bits per heavy atom. The number of aliphatic carboxylic acids is 1. The van der Waals surface area contributed by atoms with Crippen molar-refractivity contribution in [2.24, 2.45) is 5.16 Å². The maximum atomic E-state index is 10.6. The number of nitrogens with zero attached hydrogens (tertiary/aromatic N) is 1. The first-order chi connectivity index (χ1) is 6.24. The van der Waals surface area contributed by atoms with Crippen LogP contribution in [-0.4, -0.2) is 24.1 Å². The van der Waals surface area contributed by atoms with Gasteiger partial charge in [0.2, 0.25) is 0 Å². The Morgan fingerprint density at radius 2 is 2.54 bits per heavy atom. The van der Waals surface area contributed by atoms with Gasteiger partial charge in [-0.05, 0) is 11.2 Å². The second-order valence-corrected chi connectivity index (χ2v) is 2.44. The van der Waals surface area contributed by atoms with Gasteiger partial charge < -0.3 is 9.94 Å². The van der Waals surface area contributed by atoms with Gasteiger partial charge >= 0.3 is 5.97 Å². The van der Waals surface area contributed by atoms with Crippen molar-refractivity contribution < 1.29 is 14.7 Å². The van der Waals surface area contributed by atoms with Crippen molar-refractivity contribution in [3.63, 3.8) is 0 Å². The SMILES string of the molecule is CON=C=C1C=CC=C(C(=O)O)C1. The second kappa shape index (κ2) is 4.28. The van der Waals surface area contributed by atoms with Crippen LogP contribution in [0.5, 0.6) is 0 Å². The molecule has 68 valence electrons. The summed E-state index contributed by atoms with van der Waals surface area (Å²) < 4.78 is 0. The van der Waals surface area contributed by atoms with E-state index in [9.17, 15) is 4.79 Å². The van der Waals surface area contributed by atoms with Gasteiger partial charge in [-0.1, -0.05) is 12.2 Å². The van der Waals surface area contributed by atoms with Crippen LogP contribution in [0, 0.1) is 0 Å². The van der Waals surface area contributed by atoms with Gasteiger partial charge in [0.25, 0.3) is 0 Å². The standard InChI is InChI=1S/C9H9NO3/c1-13-10-6-7-3-2-4-8(5-7)9(11)12/h2-4H,5H2,1H3,(H,11,12). The Kier molecular flexibility index (Phi) is 3.06. The molecule has 0 atom stereocenters. The van der Waals surface area contributed by atoms with Crippen LogP contribution in [0.4, 0.5) is 0 Å². The zero-order valence-electron chi connectivity index (χ0n) is 7.15. The van der Waals surface area contributed by atoms with Gasteiger partial charge in [-0.2, -0.15) is 0 Å². The molecule has 0 aromatic rings. The van der Waals surface area contributed by atoms with E-state index in [-0.39, 0.29) is 0 Å². The fourth-order valence-electron chi connectivity index (χ4n) is 0.931. The molecule has 0 spiro atoms. The maximum absolute atomic E-state index is 10.6. The molecule has 0 saturated carbocycles. The molecule has 0 heterocycles. The minimum atomic E-state index is -0.916. The fraction of sp³-hybridized carbons (Fsp3) is 0.222. The van der Waals surface area contributed by atoms with Crippen LogP contribution in [-0.2, 0) is 9.63 Å². The van der Waals surface area contributed by atoms with Gasteiger partial charge in [-0.25, -0.2) is 4.79 Å². The zero-order valence-corrected chi connectivity index (χ0v) is 7.15. The summed E-state index contributed by atoms with van der Waals surface area (Å²) >= 11 is 0. The predicted molar refractivity (Wildman–Crippen MR) is 47.4 cm³/mol. The van der Waals surface area contributed by atoms with Crippen LogP contribution in [0.1, 0.15) is 6.42 Å². The number of carboxylic acids is 1. The lowest BCUT2D eigenvalue weighted by Crippen LogP contribution is -2.03. The lowest BCUT2D eigenvalue weighted by atomic mass is 10.0. The topological polar surface area (TPSA) is 58.9 Å². The van der Waals surface area contributed by atoms with Crippen molar-refractivity contribution in [3.05, 3.63) is 29.4 Å². The number of carboxylic acid groups (broad SMARTS) is 1.